The van der Waals surface area contributed by atoms with E-state index in [1.165, 1.54) is 70.6 Å². The Balaban J connectivity index is 1.56. The highest BCUT2D eigenvalue weighted by Crippen LogP contribution is 2.49. The molecule has 0 atom stereocenters. The van der Waals surface area contributed by atoms with E-state index >= 15 is 0 Å². The fraction of sp³-hybridized carbons (Fsp3) is 0.652. The zero-order chi connectivity index (χ0) is 16.6. The number of hydrogen-bond acceptors (Lipinski definition) is 0. The molecule has 0 radical (unpaired) electrons. The summed E-state index contributed by atoms with van der Waals surface area (Å²) in [5.41, 5.74) is 8.44. The molecule has 0 bridgehead atoms. The van der Waals surface area contributed by atoms with Gasteiger partial charge in [0.1, 0.15) is 0 Å². The quantitative estimate of drug-likeness (QED) is 0.458. The monoisotopic (exact) mass is 338 g/mol. The normalized spacial score (nSPS) is 26.4. The van der Waals surface area contributed by atoms with Gasteiger partial charge in [-0.15, -0.1) is 0 Å². The zero-order valence-electron chi connectivity index (χ0n) is 15.7. The first kappa shape index (κ1) is 16.6. The summed E-state index contributed by atoms with van der Waals surface area (Å²) < 4.78 is 0. The van der Waals surface area contributed by atoms with Gasteiger partial charge in [0.05, 0.1) is 8.07 Å². The predicted molar refractivity (Wildman–Crippen MR) is 108 cm³/mol. The van der Waals surface area contributed by atoms with Gasteiger partial charge >= 0.3 is 0 Å². The molecule has 2 saturated carbocycles. The lowest BCUT2D eigenvalue weighted by molar-refractivity contribution is 0.615. The fourth-order valence-corrected chi connectivity index (χ4v) is 8.21. The van der Waals surface area contributed by atoms with Crippen molar-refractivity contribution in [3.8, 4) is 0 Å². The third-order valence-electron chi connectivity index (χ3n) is 7.10. The highest BCUT2D eigenvalue weighted by Gasteiger charge is 2.40. The van der Waals surface area contributed by atoms with Crippen molar-refractivity contribution in [2.45, 2.75) is 94.8 Å². The topological polar surface area (TPSA) is 0 Å². The maximum atomic E-state index is 2.71. The van der Waals surface area contributed by atoms with Gasteiger partial charge in [-0.2, -0.15) is 0 Å². The van der Waals surface area contributed by atoms with E-state index in [1.807, 2.05) is 0 Å². The number of allylic oxidation sites excluding steroid dienone is 8. The maximum absolute atomic E-state index is 2.71. The molecule has 0 aromatic rings. The van der Waals surface area contributed by atoms with Gasteiger partial charge < -0.3 is 0 Å². The molecule has 4 rings (SSSR count). The van der Waals surface area contributed by atoms with Gasteiger partial charge in [-0.1, -0.05) is 56.7 Å². The van der Waals surface area contributed by atoms with E-state index in [0.29, 0.717) is 0 Å². The van der Waals surface area contributed by atoms with E-state index < -0.39 is 8.07 Å². The molecule has 0 aromatic heterocycles. The summed E-state index contributed by atoms with van der Waals surface area (Å²) >= 11 is 0. The van der Waals surface area contributed by atoms with E-state index in [-0.39, 0.29) is 0 Å². The first-order valence-corrected chi connectivity index (χ1v) is 13.6. The third-order valence-corrected chi connectivity index (χ3v) is 11.2. The van der Waals surface area contributed by atoms with Crippen LogP contribution in [-0.2, 0) is 0 Å². The molecule has 0 aromatic carbocycles. The van der Waals surface area contributed by atoms with Crippen molar-refractivity contribution in [3.63, 3.8) is 0 Å². The van der Waals surface area contributed by atoms with Crippen molar-refractivity contribution in [1.29, 1.82) is 0 Å². The molecule has 0 aliphatic heterocycles. The Labute approximate surface area is 149 Å². The average Bonchev–Trinajstić information content (AvgIpc) is 3.06. The SMILES string of the molecule is C[Si](C)(C1C=C2CCCCCCC2=C1)C1C=C2CCCCCC2=C1. The molecule has 0 saturated heterocycles. The second-order valence-electron chi connectivity index (χ2n) is 9.12. The highest BCUT2D eigenvalue weighted by molar-refractivity contribution is 6.82. The Hall–Kier alpha value is -0.823. The van der Waals surface area contributed by atoms with Crippen molar-refractivity contribution >= 4 is 8.07 Å². The van der Waals surface area contributed by atoms with Crippen LogP contribution in [-0.4, -0.2) is 8.07 Å². The summed E-state index contributed by atoms with van der Waals surface area (Å²) in [5, 5.41) is 0. The number of hydrogen-bond donors (Lipinski definition) is 0. The standard InChI is InChI=1S/C23H34Si/c1-24(2,23-16-20-12-8-5-9-13-21(20)17-23)22-14-18-10-6-3-4-7-11-19(18)15-22/h14-17,22-23H,3-13H2,1-2H3. The molecule has 1 heteroatoms. The second-order valence-corrected chi connectivity index (χ2v) is 14.1. The maximum Gasteiger partial charge on any atom is 0.0699 e. The Bertz CT molecular complexity index is 568. The van der Waals surface area contributed by atoms with Crippen LogP contribution < -0.4 is 0 Å². The van der Waals surface area contributed by atoms with E-state index in [9.17, 15) is 0 Å². The van der Waals surface area contributed by atoms with Gasteiger partial charge in [0, 0.05) is 0 Å². The summed E-state index contributed by atoms with van der Waals surface area (Å²) in [5.74, 6) is 0. The van der Waals surface area contributed by atoms with Crippen molar-refractivity contribution in [3.05, 3.63) is 46.6 Å². The minimum absolute atomic E-state index is 0.765. The molecular formula is C23H34Si. The largest absolute Gasteiger partial charge is 0.0768 e. The lowest BCUT2D eigenvalue weighted by Crippen LogP contribution is -2.34. The van der Waals surface area contributed by atoms with E-state index in [4.69, 9.17) is 0 Å². The van der Waals surface area contributed by atoms with Crippen LogP contribution >= 0.6 is 0 Å². The molecule has 4 aliphatic carbocycles. The van der Waals surface area contributed by atoms with Crippen LogP contribution in [0.25, 0.3) is 0 Å². The van der Waals surface area contributed by atoms with Gasteiger partial charge in [-0.25, -0.2) is 0 Å². The highest BCUT2D eigenvalue weighted by atomic mass is 28.3. The second kappa shape index (κ2) is 6.82. The molecule has 4 aliphatic rings. The van der Waals surface area contributed by atoms with Gasteiger partial charge in [-0.3, -0.25) is 0 Å². The smallest absolute Gasteiger partial charge is 0.0699 e. The molecule has 2 fully saturated rings. The lowest BCUT2D eigenvalue weighted by atomic mass is 9.94. The van der Waals surface area contributed by atoms with Crippen molar-refractivity contribution in [2.24, 2.45) is 0 Å². The average molecular weight is 339 g/mol. The van der Waals surface area contributed by atoms with E-state index in [2.05, 4.69) is 37.4 Å². The summed E-state index contributed by atoms with van der Waals surface area (Å²) in [4.78, 5) is 0. The van der Waals surface area contributed by atoms with Crippen molar-refractivity contribution in [2.75, 3.05) is 0 Å². The van der Waals surface area contributed by atoms with E-state index in [1.54, 1.807) is 22.3 Å². The van der Waals surface area contributed by atoms with Crippen LogP contribution in [0.15, 0.2) is 46.6 Å². The molecule has 0 spiro atoms. The van der Waals surface area contributed by atoms with Crippen molar-refractivity contribution < 1.29 is 0 Å². The van der Waals surface area contributed by atoms with Crippen LogP contribution in [0.5, 0.6) is 0 Å². The lowest BCUT2D eigenvalue weighted by Gasteiger charge is -2.32. The third kappa shape index (κ3) is 3.17. The molecule has 0 nitrogen and oxygen atoms in total. The molecule has 0 heterocycles. The molecule has 0 amide bonds. The summed E-state index contributed by atoms with van der Waals surface area (Å²) in [6.07, 6.45) is 26.2. The fourth-order valence-electron chi connectivity index (χ4n) is 5.24. The Morgan fingerprint density at radius 1 is 0.542 bits per heavy atom. The van der Waals surface area contributed by atoms with Gasteiger partial charge in [-0.05, 0) is 84.7 Å². The molecule has 0 unspecified atom stereocenters. The first-order valence-electron chi connectivity index (χ1n) is 10.5. The minimum atomic E-state index is -1.37. The van der Waals surface area contributed by atoms with Crippen LogP contribution in [0.4, 0.5) is 0 Å². The zero-order valence-corrected chi connectivity index (χ0v) is 16.7. The number of fused-ring (bicyclic) bond motifs is 2. The first-order chi connectivity index (χ1) is 11.6. The van der Waals surface area contributed by atoms with Crippen molar-refractivity contribution in [1.82, 2.24) is 0 Å². The Morgan fingerprint density at radius 2 is 0.833 bits per heavy atom. The van der Waals surface area contributed by atoms with E-state index in [0.717, 1.165) is 11.1 Å². The van der Waals surface area contributed by atoms with Crippen LogP contribution in [0.3, 0.4) is 0 Å². The molecule has 130 valence electrons. The summed E-state index contributed by atoms with van der Waals surface area (Å²) in [6, 6.07) is 0. The minimum Gasteiger partial charge on any atom is -0.0768 e. The molecule has 24 heavy (non-hydrogen) atoms. The van der Waals surface area contributed by atoms with Gasteiger partial charge in [0.2, 0.25) is 0 Å². The molecule has 0 N–H and O–H groups in total. The number of rotatable bonds is 2. The van der Waals surface area contributed by atoms with Gasteiger partial charge in [0.15, 0.2) is 0 Å². The van der Waals surface area contributed by atoms with Crippen LogP contribution in [0, 0.1) is 0 Å². The predicted octanol–water partition coefficient (Wildman–Crippen LogP) is 7.49. The Kier molecular flexibility index (Phi) is 4.73. The summed E-state index contributed by atoms with van der Waals surface area (Å²) in [6.45, 7) is 5.30. The van der Waals surface area contributed by atoms with Gasteiger partial charge in [0.25, 0.3) is 0 Å². The van der Waals surface area contributed by atoms with Crippen LogP contribution in [0.1, 0.15) is 70.6 Å². The summed E-state index contributed by atoms with van der Waals surface area (Å²) in [7, 11) is -1.37. The molecular weight excluding hydrogens is 304 g/mol. The van der Waals surface area contributed by atoms with Crippen LogP contribution in [0.2, 0.25) is 24.2 Å². The Morgan fingerprint density at radius 3 is 1.17 bits per heavy atom.